The van der Waals surface area contributed by atoms with Crippen molar-refractivity contribution in [2.75, 3.05) is 19.0 Å². The van der Waals surface area contributed by atoms with Crippen LogP contribution in [0.4, 0.5) is 11.7 Å². The number of ether oxygens (including phenoxy) is 1. The van der Waals surface area contributed by atoms with E-state index < -0.39 is 0 Å². The number of hydrogen-bond donors (Lipinski definition) is 2. The van der Waals surface area contributed by atoms with E-state index in [0.29, 0.717) is 18.5 Å². The van der Waals surface area contributed by atoms with E-state index >= 15 is 0 Å². The Balaban J connectivity index is 2.00. The van der Waals surface area contributed by atoms with Gasteiger partial charge in [0.05, 0.1) is 12.6 Å². The van der Waals surface area contributed by atoms with Crippen LogP contribution in [0.2, 0.25) is 0 Å². The van der Waals surface area contributed by atoms with Gasteiger partial charge in [-0.2, -0.15) is 0 Å². The molecule has 21 heavy (non-hydrogen) atoms. The van der Waals surface area contributed by atoms with E-state index in [2.05, 4.69) is 27.8 Å². The number of benzene rings is 1. The van der Waals surface area contributed by atoms with Crippen LogP contribution in [0.5, 0.6) is 0 Å². The molecule has 0 radical (unpaired) electrons. The minimum atomic E-state index is 0.0489. The molecule has 0 saturated carbocycles. The Morgan fingerprint density at radius 2 is 2.19 bits per heavy atom. The zero-order valence-electron chi connectivity index (χ0n) is 12.7. The molecule has 0 aliphatic heterocycles. The predicted molar refractivity (Wildman–Crippen MR) is 81.4 cm³/mol. The van der Waals surface area contributed by atoms with Gasteiger partial charge < -0.3 is 19.8 Å². The van der Waals surface area contributed by atoms with Crippen molar-refractivity contribution in [3.8, 4) is 0 Å². The fraction of sp³-hybridized carbons (Fsp3) is 0.467. The molecule has 2 rings (SSSR count). The summed E-state index contributed by atoms with van der Waals surface area (Å²) in [5.41, 5.74) is 1.98. The van der Waals surface area contributed by atoms with E-state index in [1.807, 2.05) is 31.2 Å². The third-order valence-corrected chi connectivity index (χ3v) is 3.00. The van der Waals surface area contributed by atoms with Crippen LogP contribution >= 0.6 is 0 Å². The number of hydrogen-bond acceptors (Lipinski definition) is 6. The molecule has 1 atom stereocenters. The largest absolute Gasteiger partial charge is 0.406 e. The number of methoxy groups -OCH3 is 1. The Bertz CT molecular complexity index is 556. The fourth-order valence-electron chi connectivity index (χ4n) is 1.94. The van der Waals surface area contributed by atoms with Crippen molar-refractivity contribution in [3.63, 3.8) is 0 Å². The minimum absolute atomic E-state index is 0.0489. The maximum absolute atomic E-state index is 5.62. The molecule has 1 aromatic carbocycles. The summed E-state index contributed by atoms with van der Waals surface area (Å²) >= 11 is 0. The monoisotopic (exact) mass is 290 g/mol. The number of aromatic nitrogens is 2. The van der Waals surface area contributed by atoms with Crippen molar-refractivity contribution < 1.29 is 9.15 Å². The van der Waals surface area contributed by atoms with Gasteiger partial charge in [-0.1, -0.05) is 24.2 Å². The molecule has 2 aromatic rings. The van der Waals surface area contributed by atoms with Gasteiger partial charge in [0.25, 0.3) is 0 Å². The average Bonchev–Trinajstić information content (AvgIpc) is 2.94. The van der Waals surface area contributed by atoms with E-state index in [4.69, 9.17) is 9.15 Å². The summed E-state index contributed by atoms with van der Waals surface area (Å²) in [6.45, 7) is 5.62. The fourth-order valence-corrected chi connectivity index (χ4v) is 1.94. The summed E-state index contributed by atoms with van der Waals surface area (Å²) in [4.78, 5) is 0. The molecule has 0 saturated heterocycles. The van der Waals surface area contributed by atoms with Crippen molar-refractivity contribution in [2.45, 2.75) is 32.9 Å². The second-order valence-electron chi connectivity index (χ2n) is 4.88. The average molecular weight is 290 g/mol. The van der Waals surface area contributed by atoms with Crippen LogP contribution in [0, 0.1) is 0 Å². The molecular formula is C15H22N4O2. The van der Waals surface area contributed by atoms with Gasteiger partial charge in [0.1, 0.15) is 0 Å². The summed E-state index contributed by atoms with van der Waals surface area (Å²) < 4.78 is 10.7. The van der Waals surface area contributed by atoms with Gasteiger partial charge in [-0.15, -0.1) is 5.10 Å². The molecular weight excluding hydrogens is 268 g/mol. The molecule has 1 aromatic heterocycles. The summed E-state index contributed by atoms with van der Waals surface area (Å²) in [6.07, 6.45) is 1.07. The molecule has 0 amide bonds. The maximum atomic E-state index is 5.62. The topological polar surface area (TPSA) is 72.2 Å². The summed E-state index contributed by atoms with van der Waals surface area (Å²) in [7, 11) is 1.68. The van der Waals surface area contributed by atoms with Crippen LogP contribution < -0.4 is 10.6 Å². The van der Waals surface area contributed by atoms with Gasteiger partial charge in [0.2, 0.25) is 5.89 Å². The van der Waals surface area contributed by atoms with Gasteiger partial charge in [0, 0.05) is 12.8 Å². The third-order valence-electron chi connectivity index (χ3n) is 3.00. The van der Waals surface area contributed by atoms with Crippen molar-refractivity contribution in [3.05, 3.63) is 35.7 Å². The summed E-state index contributed by atoms with van der Waals surface area (Å²) in [5, 5.41) is 14.5. The van der Waals surface area contributed by atoms with Crippen molar-refractivity contribution >= 4 is 11.7 Å². The molecule has 2 N–H and O–H groups in total. The molecule has 6 heteroatoms. The number of rotatable bonds is 8. The van der Waals surface area contributed by atoms with Crippen LogP contribution in [0.25, 0.3) is 0 Å². The quantitative estimate of drug-likeness (QED) is 0.778. The van der Waals surface area contributed by atoms with Crippen molar-refractivity contribution in [1.29, 1.82) is 0 Å². The standard InChI is InChI=1S/C15H22N4O2/c1-4-8-16-11(2)14-18-19-15(21-14)17-13-7-5-6-12(9-13)10-20-3/h5-7,9,11,16H,4,8,10H2,1-3H3,(H,17,19). The van der Waals surface area contributed by atoms with Crippen LogP contribution in [0.1, 0.15) is 37.8 Å². The normalized spacial score (nSPS) is 12.3. The van der Waals surface area contributed by atoms with Gasteiger partial charge in [-0.05, 0) is 37.6 Å². The zero-order chi connectivity index (χ0) is 15.1. The summed E-state index contributed by atoms with van der Waals surface area (Å²) in [5.74, 6) is 0.582. The molecule has 0 aliphatic rings. The highest BCUT2D eigenvalue weighted by Crippen LogP contribution is 2.19. The lowest BCUT2D eigenvalue weighted by molar-refractivity contribution is 0.185. The number of anilines is 2. The van der Waals surface area contributed by atoms with Crippen LogP contribution in [0.15, 0.2) is 28.7 Å². The van der Waals surface area contributed by atoms with Gasteiger partial charge in [0.15, 0.2) is 0 Å². The van der Waals surface area contributed by atoms with Crippen LogP contribution in [-0.2, 0) is 11.3 Å². The van der Waals surface area contributed by atoms with E-state index in [1.165, 1.54) is 0 Å². The smallest absolute Gasteiger partial charge is 0.320 e. The predicted octanol–water partition coefficient (Wildman–Crippen LogP) is 3.02. The van der Waals surface area contributed by atoms with Crippen LogP contribution in [-0.4, -0.2) is 23.9 Å². The Labute approximate surface area is 124 Å². The Morgan fingerprint density at radius 1 is 1.33 bits per heavy atom. The lowest BCUT2D eigenvalue weighted by Crippen LogP contribution is -2.19. The van der Waals surface area contributed by atoms with E-state index in [1.54, 1.807) is 7.11 Å². The maximum Gasteiger partial charge on any atom is 0.320 e. The van der Waals surface area contributed by atoms with Crippen molar-refractivity contribution in [1.82, 2.24) is 15.5 Å². The summed E-state index contributed by atoms with van der Waals surface area (Å²) in [6, 6.07) is 8.34. The van der Waals surface area contributed by atoms with Gasteiger partial charge in [-0.3, -0.25) is 0 Å². The molecule has 6 nitrogen and oxygen atoms in total. The Kier molecular flexibility index (Phi) is 5.71. The molecule has 0 bridgehead atoms. The zero-order valence-corrected chi connectivity index (χ0v) is 12.7. The highest BCUT2D eigenvalue weighted by molar-refractivity contribution is 5.52. The van der Waals surface area contributed by atoms with E-state index in [-0.39, 0.29) is 6.04 Å². The second-order valence-corrected chi connectivity index (χ2v) is 4.88. The molecule has 114 valence electrons. The lowest BCUT2D eigenvalue weighted by atomic mass is 10.2. The van der Waals surface area contributed by atoms with Crippen LogP contribution in [0.3, 0.4) is 0 Å². The Hall–Kier alpha value is -1.92. The molecule has 0 fully saturated rings. The first-order chi connectivity index (χ1) is 10.2. The molecule has 1 heterocycles. The first-order valence-corrected chi connectivity index (χ1v) is 7.14. The van der Waals surface area contributed by atoms with Crippen molar-refractivity contribution in [2.24, 2.45) is 0 Å². The van der Waals surface area contributed by atoms with E-state index in [9.17, 15) is 0 Å². The number of nitrogens with one attached hydrogen (secondary N) is 2. The highest BCUT2D eigenvalue weighted by atomic mass is 16.5. The number of nitrogens with zero attached hydrogens (tertiary/aromatic N) is 2. The minimum Gasteiger partial charge on any atom is -0.406 e. The second kappa shape index (κ2) is 7.75. The van der Waals surface area contributed by atoms with Gasteiger partial charge >= 0.3 is 6.01 Å². The first kappa shape index (κ1) is 15.5. The van der Waals surface area contributed by atoms with Gasteiger partial charge in [-0.25, -0.2) is 0 Å². The lowest BCUT2D eigenvalue weighted by Gasteiger charge is -2.07. The highest BCUT2D eigenvalue weighted by Gasteiger charge is 2.13. The van der Waals surface area contributed by atoms with E-state index in [0.717, 1.165) is 24.2 Å². The SMILES string of the molecule is CCCNC(C)c1nnc(Nc2cccc(COC)c2)o1. The molecule has 0 aliphatic carbocycles. The molecule has 1 unspecified atom stereocenters. The first-order valence-electron chi connectivity index (χ1n) is 7.14. The molecule has 0 spiro atoms. The Morgan fingerprint density at radius 3 is 2.95 bits per heavy atom. The third kappa shape index (κ3) is 4.54.